The topological polar surface area (TPSA) is 78.5 Å². The van der Waals surface area contributed by atoms with Gasteiger partial charge in [0.1, 0.15) is 0 Å². The summed E-state index contributed by atoms with van der Waals surface area (Å²) >= 11 is 0. The van der Waals surface area contributed by atoms with Gasteiger partial charge in [-0.1, -0.05) is 12.2 Å². The molecule has 2 N–H and O–H groups in total. The van der Waals surface area contributed by atoms with Crippen LogP contribution in [0, 0.1) is 5.92 Å². The van der Waals surface area contributed by atoms with Crippen LogP contribution in [0.15, 0.2) is 35.2 Å². The molecule has 1 amide bonds. The molecular formula is C17H25N3O3S. The molecule has 2 rings (SSSR count). The van der Waals surface area contributed by atoms with Crippen molar-refractivity contribution in [1.29, 1.82) is 0 Å². The average Bonchev–Trinajstić information content (AvgIpc) is 3.01. The lowest BCUT2D eigenvalue weighted by molar-refractivity contribution is -0.116. The summed E-state index contributed by atoms with van der Waals surface area (Å²) in [7, 11) is -0.577. The summed E-state index contributed by atoms with van der Waals surface area (Å²) in [5.74, 6) is 0.159. The molecule has 0 fully saturated rings. The molecular weight excluding hydrogens is 326 g/mol. The van der Waals surface area contributed by atoms with E-state index in [9.17, 15) is 13.2 Å². The van der Waals surface area contributed by atoms with Gasteiger partial charge in [0.25, 0.3) is 0 Å². The van der Waals surface area contributed by atoms with Crippen molar-refractivity contribution in [3.63, 3.8) is 0 Å². The van der Waals surface area contributed by atoms with Gasteiger partial charge < -0.3 is 10.6 Å². The number of allylic oxidation sites excluding steroid dienone is 2. The van der Waals surface area contributed by atoms with E-state index in [-0.39, 0.29) is 16.7 Å². The zero-order valence-electron chi connectivity index (χ0n) is 14.4. The molecule has 24 heavy (non-hydrogen) atoms. The number of benzene rings is 1. The number of hydrogen-bond donors (Lipinski definition) is 2. The first-order chi connectivity index (χ1) is 11.3. The molecule has 1 aromatic carbocycles. The predicted molar refractivity (Wildman–Crippen MR) is 96.6 cm³/mol. The first-order valence-corrected chi connectivity index (χ1v) is 9.55. The highest BCUT2D eigenvalue weighted by Gasteiger charge is 2.20. The van der Waals surface area contributed by atoms with Crippen molar-refractivity contribution in [3.8, 4) is 0 Å². The number of carbonyl (C=O) groups excluding carboxylic acids is 1. The van der Waals surface area contributed by atoms with Gasteiger partial charge in [-0.15, -0.1) is 0 Å². The Hall–Kier alpha value is -1.86. The second-order valence-electron chi connectivity index (χ2n) is 6.04. The van der Waals surface area contributed by atoms with Gasteiger partial charge in [0.15, 0.2) is 0 Å². The minimum absolute atomic E-state index is 0.106. The first-order valence-electron chi connectivity index (χ1n) is 8.11. The second kappa shape index (κ2) is 7.81. The molecule has 0 aliphatic heterocycles. The van der Waals surface area contributed by atoms with Crippen LogP contribution in [0.4, 0.5) is 11.4 Å². The summed E-state index contributed by atoms with van der Waals surface area (Å²) < 4.78 is 25.8. The summed E-state index contributed by atoms with van der Waals surface area (Å²) in [5.41, 5.74) is 1.21. The lowest BCUT2D eigenvalue weighted by atomic mass is 10.0. The summed E-state index contributed by atoms with van der Waals surface area (Å²) in [6, 6.07) is 4.74. The molecule has 1 aliphatic rings. The van der Waals surface area contributed by atoms with Gasteiger partial charge in [-0.25, -0.2) is 12.7 Å². The van der Waals surface area contributed by atoms with Crippen LogP contribution >= 0.6 is 0 Å². The van der Waals surface area contributed by atoms with Crippen LogP contribution in [0.25, 0.3) is 0 Å². The number of carbonyl (C=O) groups is 1. The molecule has 0 aromatic heterocycles. The van der Waals surface area contributed by atoms with Gasteiger partial charge in [0.05, 0.1) is 16.3 Å². The van der Waals surface area contributed by atoms with Crippen molar-refractivity contribution in [2.24, 2.45) is 5.92 Å². The lowest BCUT2D eigenvalue weighted by Crippen LogP contribution is -2.23. The van der Waals surface area contributed by atoms with E-state index in [1.807, 2.05) is 6.92 Å². The van der Waals surface area contributed by atoms with E-state index in [2.05, 4.69) is 22.8 Å². The summed E-state index contributed by atoms with van der Waals surface area (Å²) in [4.78, 5) is 12.4. The number of rotatable bonds is 7. The molecule has 0 radical (unpaired) electrons. The van der Waals surface area contributed by atoms with E-state index in [0.717, 1.165) is 17.1 Å². The van der Waals surface area contributed by atoms with Gasteiger partial charge in [0.2, 0.25) is 15.9 Å². The molecule has 0 bridgehead atoms. The Labute approximate surface area is 144 Å². The van der Waals surface area contributed by atoms with Crippen molar-refractivity contribution in [3.05, 3.63) is 30.4 Å². The maximum absolute atomic E-state index is 12.3. The van der Waals surface area contributed by atoms with Crippen LogP contribution in [0.3, 0.4) is 0 Å². The van der Waals surface area contributed by atoms with Crippen LogP contribution in [0.2, 0.25) is 0 Å². The van der Waals surface area contributed by atoms with Crippen molar-refractivity contribution in [1.82, 2.24) is 4.31 Å². The van der Waals surface area contributed by atoms with Crippen LogP contribution in [0.1, 0.15) is 26.2 Å². The van der Waals surface area contributed by atoms with Gasteiger partial charge in [-0.2, -0.15) is 0 Å². The molecule has 0 saturated carbocycles. The molecule has 0 spiro atoms. The third-order valence-corrected chi connectivity index (χ3v) is 5.78. The molecule has 1 aliphatic carbocycles. The van der Waals surface area contributed by atoms with E-state index in [1.54, 1.807) is 12.1 Å². The molecule has 7 heteroatoms. The number of sulfonamides is 1. The van der Waals surface area contributed by atoms with Gasteiger partial charge >= 0.3 is 0 Å². The fourth-order valence-corrected chi connectivity index (χ4v) is 3.58. The largest absolute Gasteiger partial charge is 0.384 e. The fraction of sp³-hybridized carbons (Fsp3) is 0.471. The highest BCUT2D eigenvalue weighted by molar-refractivity contribution is 7.89. The first kappa shape index (κ1) is 18.5. The van der Waals surface area contributed by atoms with E-state index < -0.39 is 10.0 Å². The number of anilines is 2. The fourth-order valence-electron chi connectivity index (χ4n) is 2.65. The maximum atomic E-state index is 12.3. The van der Waals surface area contributed by atoms with Crippen LogP contribution in [0.5, 0.6) is 0 Å². The molecule has 1 atom stereocenters. The third kappa shape index (κ3) is 4.36. The summed E-state index contributed by atoms with van der Waals surface area (Å²) in [6.07, 6.45) is 6.57. The highest BCUT2D eigenvalue weighted by atomic mass is 32.2. The molecule has 6 nitrogen and oxygen atoms in total. The smallest absolute Gasteiger partial charge is 0.242 e. The normalized spacial score (nSPS) is 17.2. The molecule has 1 aromatic rings. The summed E-state index contributed by atoms with van der Waals surface area (Å²) in [6.45, 7) is 2.62. The van der Waals surface area contributed by atoms with E-state index >= 15 is 0 Å². The number of amides is 1. The molecule has 132 valence electrons. The highest BCUT2D eigenvalue weighted by Crippen LogP contribution is 2.28. The third-order valence-electron chi connectivity index (χ3n) is 3.97. The van der Waals surface area contributed by atoms with E-state index in [0.29, 0.717) is 24.3 Å². The van der Waals surface area contributed by atoms with E-state index in [4.69, 9.17) is 0 Å². The number of nitrogens with zero attached hydrogens (tertiary/aromatic N) is 1. The van der Waals surface area contributed by atoms with Gasteiger partial charge in [0, 0.05) is 27.1 Å². The van der Waals surface area contributed by atoms with Crippen molar-refractivity contribution in [2.45, 2.75) is 31.1 Å². The van der Waals surface area contributed by atoms with Crippen LogP contribution < -0.4 is 10.6 Å². The number of nitrogens with one attached hydrogen (secondary N) is 2. The monoisotopic (exact) mass is 351 g/mol. The van der Waals surface area contributed by atoms with Gasteiger partial charge in [-0.3, -0.25) is 4.79 Å². The van der Waals surface area contributed by atoms with Crippen molar-refractivity contribution >= 4 is 27.3 Å². The Balaban J connectivity index is 2.24. The Morgan fingerprint density at radius 2 is 2.04 bits per heavy atom. The summed E-state index contributed by atoms with van der Waals surface area (Å²) in [5, 5.41) is 6.00. The maximum Gasteiger partial charge on any atom is 0.242 e. The van der Waals surface area contributed by atoms with E-state index in [1.165, 1.54) is 20.2 Å². The van der Waals surface area contributed by atoms with Crippen LogP contribution in [-0.4, -0.2) is 39.3 Å². The SMILES string of the molecule is CCNc1ccc(S(=O)(=O)N(C)C)cc1NC(=O)C[C@@H]1C=CCC1. The zero-order valence-corrected chi connectivity index (χ0v) is 15.2. The van der Waals surface area contributed by atoms with Crippen molar-refractivity contribution < 1.29 is 13.2 Å². The number of hydrogen-bond acceptors (Lipinski definition) is 4. The Morgan fingerprint density at radius 3 is 2.62 bits per heavy atom. The average molecular weight is 351 g/mol. The quantitative estimate of drug-likeness (QED) is 0.740. The minimum atomic E-state index is -3.55. The molecule has 0 unspecified atom stereocenters. The Kier molecular flexibility index (Phi) is 6.01. The van der Waals surface area contributed by atoms with Crippen LogP contribution in [-0.2, 0) is 14.8 Å². The van der Waals surface area contributed by atoms with Gasteiger partial charge in [-0.05, 0) is 43.9 Å². The predicted octanol–water partition coefficient (Wildman–Crippen LogP) is 2.66. The standard InChI is InChI=1S/C17H25N3O3S/c1-4-18-15-10-9-14(24(22,23)20(2)3)12-16(15)19-17(21)11-13-7-5-6-8-13/h5,7,9-10,12-13,18H,4,6,8,11H2,1-3H3,(H,19,21)/t13-/m1/s1. The zero-order chi connectivity index (χ0) is 17.7. The Morgan fingerprint density at radius 1 is 1.29 bits per heavy atom. The molecule has 0 saturated heterocycles. The Bertz CT molecular complexity index is 727. The minimum Gasteiger partial charge on any atom is -0.384 e. The lowest BCUT2D eigenvalue weighted by Gasteiger charge is -2.17. The second-order valence-corrected chi connectivity index (χ2v) is 8.19. The molecule has 0 heterocycles. The van der Waals surface area contributed by atoms with Crippen molar-refractivity contribution in [2.75, 3.05) is 31.3 Å².